The van der Waals surface area contributed by atoms with Gasteiger partial charge < -0.3 is 20.3 Å². The van der Waals surface area contributed by atoms with Gasteiger partial charge >= 0.3 is 11.8 Å². The van der Waals surface area contributed by atoms with Crippen molar-refractivity contribution in [3.8, 4) is 5.75 Å². The van der Waals surface area contributed by atoms with Gasteiger partial charge in [0.05, 0.1) is 7.11 Å². The molecule has 102 valence electrons. The molecule has 0 radical (unpaired) electrons. The summed E-state index contributed by atoms with van der Waals surface area (Å²) in [5.41, 5.74) is 7.12. The molecule has 2 rings (SSSR count). The van der Waals surface area contributed by atoms with Crippen molar-refractivity contribution in [3.05, 3.63) is 23.8 Å². The van der Waals surface area contributed by atoms with Crippen LogP contribution < -0.4 is 10.5 Å². The molecular formula is C13H17N3O3. The molecule has 2 N–H and O–H groups in total. The molecule has 0 bridgehead atoms. The average molecular weight is 263 g/mol. The molecule has 6 heteroatoms. The van der Waals surface area contributed by atoms with Gasteiger partial charge in [-0.05, 0) is 6.07 Å². The Balaban J connectivity index is 2.17. The first-order chi connectivity index (χ1) is 9.02. The van der Waals surface area contributed by atoms with Gasteiger partial charge in [0, 0.05) is 44.0 Å². The summed E-state index contributed by atoms with van der Waals surface area (Å²) in [6.07, 6.45) is 0. The minimum Gasteiger partial charge on any atom is -0.496 e. The summed E-state index contributed by atoms with van der Waals surface area (Å²) in [5, 5.41) is 0. The third kappa shape index (κ3) is 2.62. The van der Waals surface area contributed by atoms with Gasteiger partial charge in [0.2, 0.25) is 0 Å². The summed E-state index contributed by atoms with van der Waals surface area (Å²) in [5.74, 6) is -0.326. The summed E-state index contributed by atoms with van der Waals surface area (Å²) < 4.78 is 5.24. The fourth-order valence-electron chi connectivity index (χ4n) is 2.02. The van der Waals surface area contributed by atoms with E-state index >= 15 is 0 Å². The molecule has 1 heterocycles. The molecule has 1 aromatic carbocycles. The van der Waals surface area contributed by atoms with E-state index in [0.717, 1.165) is 5.56 Å². The van der Waals surface area contributed by atoms with Crippen molar-refractivity contribution in [3.63, 3.8) is 0 Å². The molecule has 1 fully saturated rings. The molecule has 0 atom stereocenters. The number of methoxy groups -OCH3 is 1. The lowest BCUT2D eigenvalue weighted by atomic mass is 10.1. The fraction of sp³-hybridized carbons (Fsp3) is 0.385. The second kappa shape index (κ2) is 5.17. The molecule has 1 aliphatic heterocycles. The fourth-order valence-corrected chi connectivity index (χ4v) is 2.02. The molecule has 1 saturated heterocycles. The Bertz CT molecular complexity index is 516. The molecule has 1 aliphatic rings. The second-order valence-corrected chi connectivity index (χ2v) is 4.52. The lowest BCUT2D eigenvalue weighted by Crippen LogP contribution is -2.52. The normalized spacial score (nSPS) is 15.9. The number of carbonyl (C=O) groups is 2. The van der Waals surface area contributed by atoms with Crippen LogP contribution in [0.5, 0.6) is 5.75 Å². The Morgan fingerprint density at radius 2 is 2.00 bits per heavy atom. The maximum atomic E-state index is 11.9. The Labute approximate surface area is 111 Å². The minimum atomic E-state index is -0.479. The van der Waals surface area contributed by atoms with E-state index < -0.39 is 11.8 Å². The van der Waals surface area contributed by atoms with Gasteiger partial charge in [0.25, 0.3) is 0 Å². The zero-order valence-corrected chi connectivity index (χ0v) is 11.0. The molecule has 1 aromatic rings. The number of likely N-dealkylation sites (N-methyl/N-ethyl adjacent to an activating group) is 1. The number of rotatable bonds is 3. The van der Waals surface area contributed by atoms with Crippen LogP contribution in [0.15, 0.2) is 18.2 Å². The monoisotopic (exact) mass is 263 g/mol. The molecule has 2 amide bonds. The van der Waals surface area contributed by atoms with E-state index in [4.69, 9.17) is 10.5 Å². The van der Waals surface area contributed by atoms with E-state index in [9.17, 15) is 9.59 Å². The Hall–Kier alpha value is -2.24. The highest BCUT2D eigenvalue weighted by Crippen LogP contribution is 2.23. The first-order valence-electron chi connectivity index (χ1n) is 5.99. The third-order valence-electron chi connectivity index (χ3n) is 3.19. The number of anilines is 1. The summed E-state index contributed by atoms with van der Waals surface area (Å²) in [6.45, 7) is 1.42. The van der Waals surface area contributed by atoms with Gasteiger partial charge in [-0.25, -0.2) is 0 Å². The highest BCUT2D eigenvalue weighted by molar-refractivity contribution is 6.35. The van der Waals surface area contributed by atoms with Crippen LogP contribution in [0, 0.1) is 0 Å². The van der Waals surface area contributed by atoms with Crippen LogP contribution >= 0.6 is 0 Å². The average Bonchev–Trinajstić information content (AvgIpc) is 2.41. The molecular weight excluding hydrogens is 246 g/mol. The summed E-state index contributed by atoms with van der Waals surface area (Å²) in [4.78, 5) is 26.4. The van der Waals surface area contributed by atoms with Crippen molar-refractivity contribution in [1.29, 1.82) is 0 Å². The van der Waals surface area contributed by atoms with Gasteiger partial charge in [-0.2, -0.15) is 0 Å². The van der Waals surface area contributed by atoms with Crippen molar-refractivity contribution in [2.45, 2.75) is 6.54 Å². The van der Waals surface area contributed by atoms with Crippen LogP contribution in [0.2, 0.25) is 0 Å². The first kappa shape index (κ1) is 13.2. The van der Waals surface area contributed by atoms with Crippen molar-refractivity contribution in [1.82, 2.24) is 9.80 Å². The Morgan fingerprint density at radius 3 is 2.68 bits per heavy atom. The predicted octanol–water partition coefficient (Wildman–Crippen LogP) is 0.0780. The number of nitrogens with two attached hydrogens (primary N) is 1. The summed E-state index contributed by atoms with van der Waals surface area (Å²) in [7, 11) is 3.18. The lowest BCUT2D eigenvalue weighted by Gasteiger charge is -2.31. The first-order valence-corrected chi connectivity index (χ1v) is 5.99. The number of nitrogen functional groups attached to an aromatic ring is 1. The lowest BCUT2D eigenvalue weighted by molar-refractivity contribution is -0.155. The third-order valence-corrected chi connectivity index (χ3v) is 3.19. The number of hydrogen-bond donors (Lipinski definition) is 1. The number of carbonyl (C=O) groups excluding carboxylic acids is 2. The second-order valence-electron chi connectivity index (χ2n) is 4.52. The Morgan fingerprint density at radius 1 is 1.26 bits per heavy atom. The maximum absolute atomic E-state index is 11.9. The largest absolute Gasteiger partial charge is 0.496 e. The van der Waals surface area contributed by atoms with Crippen LogP contribution in [0.25, 0.3) is 0 Å². The number of benzene rings is 1. The van der Waals surface area contributed by atoms with Gasteiger partial charge in [0.1, 0.15) is 5.75 Å². The van der Waals surface area contributed by atoms with Crippen molar-refractivity contribution < 1.29 is 14.3 Å². The molecule has 0 aromatic heterocycles. The quantitative estimate of drug-likeness (QED) is 0.619. The van der Waals surface area contributed by atoms with Gasteiger partial charge in [0.15, 0.2) is 0 Å². The highest BCUT2D eigenvalue weighted by Gasteiger charge is 2.30. The van der Waals surface area contributed by atoms with Crippen LogP contribution in [-0.2, 0) is 16.1 Å². The number of ether oxygens (including phenoxy) is 1. The van der Waals surface area contributed by atoms with Gasteiger partial charge in [-0.3, -0.25) is 9.59 Å². The number of hydrogen-bond acceptors (Lipinski definition) is 4. The van der Waals surface area contributed by atoms with Crippen molar-refractivity contribution in [2.75, 3.05) is 33.0 Å². The van der Waals surface area contributed by atoms with Crippen molar-refractivity contribution >= 4 is 17.5 Å². The molecule has 0 spiro atoms. The maximum Gasteiger partial charge on any atom is 0.312 e. The molecule has 0 aliphatic carbocycles. The summed E-state index contributed by atoms with van der Waals surface area (Å²) in [6, 6.07) is 5.27. The topological polar surface area (TPSA) is 75.9 Å². The van der Waals surface area contributed by atoms with Crippen LogP contribution in [0.3, 0.4) is 0 Å². The van der Waals surface area contributed by atoms with Crippen LogP contribution in [-0.4, -0.2) is 48.9 Å². The van der Waals surface area contributed by atoms with E-state index in [0.29, 0.717) is 31.1 Å². The van der Waals surface area contributed by atoms with Crippen molar-refractivity contribution in [2.24, 2.45) is 0 Å². The number of nitrogens with zero attached hydrogens (tertiary/aromatic N) is 2. The van der Waals surface area contributed by atoms with E-state index in [1.165, 1.54) is 9.80 Å². The molecule has 19 heavy (non-hydrogen) atoms. The Kier molecular flexibility index (Phi) is 3.59. The molecule has 0 saturated carbocycles. The standard InChI is InChI=1S/C13H17N3O3/c1-15-5-6-16(13(18)12(15)17)8-9-3-4-10(14)7-11(9)19-2/h3-4,7H,5-6,8,14H2,1-2H3. The van der Waals surface area contributed by atoms with E-state index in [1.54, 1.807) is 26.3 Å². The molecule has 0 unspecified atom stereocenters. The van der Waals surface area contributed by atoms with Crippen LogP contribution in [0.1, 0.15) is 5.56 Å². The van der Waals surface area contributed by atoms with E-state index in [2.05, 4.69) is 0 Å². The SMILES string of the molecule is COc1cc(N)ccc1CN1CCN(C)C(=O)C1=O. The zero-order valence-electron chi connectivity index (χ0n) is 11.0. The highest BCUT2D eigenvalue weighted by atomic mass is 16.5. The minimum absolute atomic E-state index is 0.349. The van der Waals surface area contributed by atoms with E-state index in [1.807, 2.05) is 6.07 Å². The smallest absolute Gasteiger partial charge is 0.312 e. The van der Waals surface area contributed by atoms with E-state index in [-0.39, 0.29) is 0 Å². The molecule has 6 nitrogen and oxygen atoms in total. The van der Waals surface area contributed by atoms with Gasteiger partial charge in [-0.1, -0.05) is 6.07 Å². The number of amides is 2. The predicted molar refractivity (Wildman–Crippen MR) is 70.5 cm³/mol. The zero-order chi connectivity index (χ0) is 14.0. The van der Waals surface area contributed by atoms with Crippen LogP contribution in [0.4, 0.5) is 5.69 Å². The number of piperazine rings is 1. The van der Waals surface area contributed by atoms with Gasteiger partial charge in [-0.15, -0.1) is 0 Å². The summed E-state index contributed by atoms with van der Waals surface area (Å²) >= 11 is 0.